The Morgan fingerprint density at radius 3 is 2.68 bits per heavy atom. The van der Waals surface area contributed by atoms with Gasteiger partial charge in [-0.3, -0.25) is 14.5 Å². The van der Waals surface area contributed by atoms with E-state index in [2.05, 4.69) is 0 Å². The fourth-order valence-electron chi connectivity index (χ4n) is 4.50. The quantitative estimate of drug-likeness (QED) is 0.348. The van der Waals surface area contributed by atoms with Crippen LogP contribution < -0.4 is 24.0 Å². The molecule has 9 heteroatoms. The van der Waals surface area contributed by atoms with Crippen molar-refractivity contribution in [2.24, 2.45) is 0 Å². The topological polar surface area (TPSA) is 88.5 Å². The van der Waals surface area contributed by atoms with Gasteiger partial charge in [-0.25, -0.2) is 0 Å². The van der Waals surface area contributed by atoms with Gasteiger partial charge in [0.1, 0.15) is 24.2 Å². The first kappa shape index (κ1) is 20.6. The number of anilines is 2. The minimum Gasteiger partial charge on any atom is -0.507 e. The van der Waals surface area contributed by atoms with Crippen LogP contribution >= 0.6 is 11.3 Å². The number of ether oxygens (including phenoxy) is 3. The number of amides is 1. The summed E-state index contributed by atoms with van der Waals surface area (Å²) >= 11 is 1.41. The number of carbonyl (C=O) groups is 2. The number of ketones is 1. The van der Waals surface area contributed by atoms with Crippen LogP contribution in [0.4, 0.5) is 11.4 Å². The lowest BCUT2D eigenvalue weighted by Gasteiger charge is -2.28. The predicted molar refractivity (Wildman–Crippen MR) is 127 cm³/mol. The Bertz CT molecular complexity index is 1350. The zero-order valence-corrected chi connectivity index (χ0v) is 19.0. The highest BCUT2D eigenvalue weighted by Crippen LogP contribution is 2.46. The number of nitrogens with zero attached hydrogens (tertiary/aromatic N) is 2. The fourth-order valence-corrected chi connectivity index (χ4v) is 5.33. The highest BCUT2D eigenvalue weighted by atomic mass is 32.1. The van der Waals surface area contributed by atoms with Gasteiger partial charge in [0.2, 0.25) is 6.79 Å². The number of thiophene rings is 1. The highest BCUT2D eigenvalue weighted by Gasteiger charge is 2.47. The molecule has 0 spiro atoms. The third-order valence-electron chi connectivity index (χ3n) is 6.22. The van der Waals surface area contributed by atoms with E-state index in [9.17, 15) is 14.7 Å². The number of hydrogen-bond donors (Lipinski definition) is 1. The van der Waals surface area contributed by atoms with Gasteiger partial charge >= 0.3 is 0 Å². The van der Waals surface area contributed by atoms with E-state index in [4.69, 9.17) is 14.2 Å². The zero-order valence-electron chi connectivity index (χ0n) is 18.2. The second-order valence-electron chi connectivity index (χ2n) is 8.17. The first-order valence-electron chi connectivity index (χ1n) is 10.8. The Balaban J connectivity index is 1.50. The molecule has 3 aliphatic heterocycles. The largest absolute Gasteiger partial charge is 0.507 e. The van der Waals surface area contributed by atoms with Crippen molar-refractivity contribution in [3.63, 3.8) is 0 Å². The number of carbonyl (C=O) groups excluding carboxylic acids is 2. The van der Waals surface area contributed by atoms with Crippen LogP contribution in [0.25, 0.3) is 5.76 Å². The molecule has 172 valence electrons. The molecule has 1 aromatic heterocycles. The molecule has 1 N–H and O–H groups in total. The summed E-state index contributed by atoms with van der Waals surface area (Å²) in [5, 5.41) is 13.2. The van der Waals surface area contributed by atoms with Crippen LogP contribution in [0.2, 0.25) is 0 Å². The van der Waals surface area contributed by atoms with E-state index < -0.39 is 17.7 Å². The van der Waals surface area contributed by atoms with Crippen molar-refractivity contribution < 1.29 is 28.9 Å². The van der Waals surface area contributed by atoms with Gasteiger partial charge < -0.3 is 24.2 Å². The lowest BCUT2D eigenvalue weighted by Crippen LogP contribution is -2.29. The molecule has 1 fully saturated rings. The van der Waals surface area contributed by atoms with E-state index in [-0.39, 0.29) is 18.1 Å². The Hall–Kier alpha value is -3.98. The minimum absolute atomic E-state index is 0.0458. The third kappa shape index (κ3) is 3.12. The van der Waals surface area contributed by atoms with E-state index in [1.807, 2.05) is 29.5 Å². The molecule has 1 amide bonds. The average molecular weight is 477 g/mol. The molecule has 0 aliphatic carbocycles. The Morgan fingerprint density at radius 2 is 1.85 bits per heavy atom. The normalized spacial score (nSPS) is 20.4. The van der Waals surface area contributed by atoms with Crippen molar-refractivity contribution in [1.82, 2.24) is 0 Å². The van der Waals surface area contributed by atoms with Crippen LogP contribution in [0, 0.1) is 0 Å². The summed E-state index contributed by atoms with van der Waals surface area (Å²) in [6.45, 7) is 1.39. The van der Waals surface area contributed by atoms with Gasteiger partial charge in [0.05, 0.1) is 17.8 Å². The number of likely N-dealkylation sites (N-methyl/N-ethyl adjacent to an activating group) is 1. The SMILES string of the molecule is CN1CCOc2ccc(/C(O)=C3/C(=O)C(=O)N(c4ccc5c(c4)OCO5)C3c3cccs3)cc21. The van der Waals surface area contributed by atoms with Gasteiger partial charge in [-0.2, -0.15) is 0 Å². The molecule has 34 heavy (non-hydrogen) atoms. The van der Waals surface area contributed by atoms with E-state index in [1.165, 1.54) is 16.2 Å². The maximum Gasteiger partial charge on any atom is 0.300 e. The third-order valence-corrected chi connectivity index (χ3v) is 7.14. The summed E-state index contributed by atoms with van der Waals surface area (Å²) in [6, 6.07) is 13.3. The smallest absolute Gasteiger partial charge is 0.300 e. The predicted octanol–water partition coefficient (Wildman–Crippen LogP) is 3.93. The second-order valence-corrected chi connectivity index (χ2v) is 9.15. The molecule has 2 aromatic carbocycles. The van der Waals surface area contributed by atoms with Gasteiger partial charge in [-0.1, -0.05) is 6.07 Å². The standard InChI is InChI=1S/C25H20N2O6S/c1-26-8-9-31-17-6-4-14(11-16(17)26)23(28)21-22(20-3-2-10-34-20)27(25(30)24(21)29)15-5-7-18-19(12-15)33-13-32-18/h2-7,10-12,22,28H,8-9,13H2,1H3/b23-21-. The van der Waals surface area contributed by atoms with Crippen LogP contribution in [-0.4, -0.2) is 43.8 Å². The summed E-state index contributed by atoms with van der Waals surface area (Å²) in [5.74, 6) is 0.117. The average Bonchev–Trinajstić information content (AvgIpc) is 3.59. The van der Waals surface area contributed by atoms with Crippen LogP contribution in [-0.2, 0) is 9.59 Å². The number of hydrogen-bond acceptors (Lipinski definition) is 8. The molecule has 6 rings (SSSR count). The zero-order chi connectivity index (χ0) is 23.4. The van der Waals surface area contributed by atoms with Gasteiger partial charge in [-0.15, -0.1) is 11.3 Å². The van der Waals surface area contributed by atoms with Crippen molar-refractivity contribution in [1.29, 1.82) is 0 Å². The monoisotopic (exact) mass is 476 g/mol. The fraction of sp³-hybridized carbons (Fsp3) is 0.200. The molecule has 8 nitrogen and oxygen atoms in total. The van der Waals surface area contributed by atoms with E-state index in [0.29, 0.717) is 41.7 Å². The van der Waals surface area contributed by atoms with Gasteiger partial charge in [0, 0.05) is 29.2 Å². The van der Waals surface area contributed by atoms with Gasteiger partial charge in [-0.05, 0) is 41.8 Å². The maximum absolute atomic E-state index is 13.3. The molecule has 4 heterocycles. The Kier molecular flexibility index (Phi) is 4.73. The van der Waals surface area contributed by atoms with Crippen molar-refractivity contribution in [3.8, 4) is 17.2 Å². The number of benzene rings is 2. The molecule has 3 aromatic rings. The Labute approximate surface area is 199 Å². The summed E-state index contributed by atoms with van der Waals surface area (Å²) in [4.78, 5) is 30.8. The summed E-state index contributed by atoms with van der Waals surface area (Å²) in [5.41, 5.74) is 1.79. The van der Waals surface area contributed by atoms with E-state index in [1.54, 1.807) is 36.4 Å². The molecule has 0 saturated carbocycles. The van der Waals surface area contributed by atoms with E-state index in [0.717, 1.165) is 10.6 Å². The Morgan fingerprint density at radius 1 is 1.03 bits per heavy atom. The van der Waals surface area contributed by atoms with Crippen LogP contribution in [0.5, 0.6) is 17.2 Å². The van der Waals surface area contributed by atoms with E-state index >= 15 is 0 Å². The van der Waals surface area contributed by atoms with Gasteiger partial charge in [0.25, 0.3) is 11.7 Å². The highest BCUT2D eigenvalue weighted by molar-refractivity contribution is 7.10. The lowest BCUT2D eigenvalue weighted by atomic mass is 9.99. The molecule has 1 unspecified atom stereocenters. The lowest BCUT2D eigenvalue weighted by molar-refractivity contribution is -0.132. The van der Waals surface area contributed by atoms with Gasteiger partial charge in [0.15, 0.2) is 11.5 Å². The number of Topliss-reactive ketones (excluding diaryl/α,β-unsaturated/α-hetero) is 1. The number of aliphatic hydroxyl groups excluding tert-OH is 1. The second kappa shape index (κ2) is 7.81. The molecule has 0 bridgehead atoms. The molecule has 1 atom stereocenters. The molecule has 0 radical (unpaired) electrons. The summed E-state index contributed by atoms with van der Waals surface area (Å²) in [6.07, 6.45) is 0. The molecular weight excluding hydrogens is 456 g/mol. The number of fused-ring (bicyclic) bond motifs is 2. The molecule has 1 saturated heterocycles. The van der Waals surface area contributed by atoms with Crippen LogP contribution in [0.1, 0.15) is 16.5 Å². The molecular formula is C25H20N2O6S. The van der Waals surface area contributed by atoms with Crippen molar-refractivity contribution in [3.05, 3.63) is 69.9 Å². The summed E-state index contributed by atoms with van der Waals surface area (Å²) < 4.78 is 16.5. The van der Waals surface area contributed by atoms with Crippen LogP contribution in [0.15, 0.2) is 59.5 Å². The first-order chi connectivity index (χ1) is 16.5. The minimum atomic E-state index is -0.773. The van der Waals surface area contributed by atoms with Crippen LogP contribution in [0.3, 0.4) is 0 Å². The van der Waals surface area contributed by atoms with Crippen molar-refractivity contribution >= 4 is 40.2 Å². The number of rotatable bonds is 3. The molecule has 3 aliphatic rings. The first-order valence-corrected chi connectivity index (χ1v) is 11.6. The number of aliphatic hydroxyl groups is 1. The maximum atomic E-state index is 13.3. The van der Waals surface area contributed by atoms with Crippen molar-refractivity contribution in [2.75, 3.05) is 36.8 Å². The van der Waals surface area contributed by atoms with Crippen molar-refractivity contribution in [2.45, 2.75) is 6.04 Å². The summed E-state index contributed by atoms with van der Waals surface area (Å²) in [7, 11) is 1.94.